The van der Waals surface area contributed by atoms with E-state index in [1.807, 2.05) is 6.07 Å². The van der Waals surface area contributed by atoms with Crippen molar-refractivity contribution in [2.24, 2.45) is 0 Å². The SMILES string of the molecule is CCCc1sc(C(=O)Nc2cc(S(=O)(=O)N(C)C)ccc2OC)cc1CC. The van der Waals surface area contributed by atoms with Crippen molar-refractivity contribution in [2.75, 3.05) is 26.5 Å². The summed E-state index contributed by atoms with van der Waals surface area (Å²) in [6.45, 7) is 4.18. The maximum atomic E-state index is 12.7. The Morgan fingerprint density at radius 3 is 2.48 bits per heavy atom. The van der Waals surface area contributed by atoms with Crippen LogP contribution in [-0.4, -0.2) is 39.8 Å². The molecule has 0 atom stereocenters. The second-order valence-corrected chi connectivity index (χ2v) is 9.55. The lowest BCUT2D eigenvalue weighted by atomic mass is 10.1. The number of nitrogens with one attached hydrogen (secondary N) is 1. The Balaban J connectivity index is 2.37. The van der Waals surface area contributed by atoms with E-state index in [0.717, 1.165) is 23.6 Å². The highest BCUT2D eigenvalue weighted by atomic mass is 32.2. The van der Waals surface area contributed by atoms with Crippen LogP contribution in [0.2, 0.25) is 0 Å². The third-order valence-electron chi connectivity index (χ3n) is 4.18. The fourth-order valence-electron chi connectivity index (χ4n) is 2.66. The molecule has 8 heteroatoms. The monoisotopic (exact) mass is 410 g/mol. The lowest BCUT2D eigenvalue weighted by Crippen LogP contribution is -2.22. The van der Waals surface area contributed by atoms with Gasteiger partial charge in [0.2, 0.25) is 10.0 Å². The molecule has 2 aromatic rings. The lowest BCUT2D eigenvalue weighted by molar-refractivity contribution is 0.103. The molecule has 0 bridgehead atoms. The average Bonchev–Trinajstić information content (AvgIpc) is 3.05. The van der Waals surface area contributed by atoms with E-state index in [-0.39, 0.29) is 10.8 Å². The predicted molar refractivity (Wildman–Crippen MR) is 110 cm³/mol. The molecule has 0 aliphatic rings. The van der Waals surface area contributed by atoms with E-state index >= 15 is 0 Å². The molecule has 0 spiro atoms. The minimum Gasteiger partial charge on any atom is -0.495 e. The Kier molecular flexibility index (Phi) is 7.02. The molecule has 1 heterocycles. The van der Waals surface area contributed by atoms with Crippen molar-refractivity contribution >= 4 is 33.0 Å². The highest BCUT2D eigenvalue weighted by molar-refractivity contribution is 7.89. The Morgan fingerprint density at radius 2 is 1.93 bits per heavy atom. The van der Waals surface area contributed by atoms with Gasteiger partial charge in [-0.25, -0.2) is 12.7 Å². The van der Waals surface area contributed by atoms with Crippen molar-refractivity contribution in [3.63, 3.8) is 0 Å². The number of sulfonamides is 1. The molecule has 148 valence electrons. The van der Waals surface area contributed by atoms with Crippen LogP contribution < -0.4 is 10.1 Å². The van der Waals surface area contributed by atoms with Gasteiger partial charge in [0.05, 0.1) is 22.6 Å². The topological polar surface area (TPSA) is 75.7 Å². The Labute approximate surface area is 165 Å². The molecule has 1 aromatic heterocycles. The van der Waals surface area contributed by atoms with Crippen molar-refractivity contribution in [3.8, 4) is 5.75 Å². The summed E-state index contributed by atoms with van der Waals surface area (Å²) in [4.78, 5) is 14.7. The van der Waals surface area contributed by atoms with Crippen LogP contribution in [0.25, 0.3) is 0 Å². The molecule has 1 aromatic carbocycles. The van der Waals surface area contributed by atoms with Gasteiger partial charge in [0.1, 0.15) is 5.75 Å². The minimum absolute atomic E-state index is 0.0932. The molecule has 0 saturated heterocycles. The molecule has 6 nitrogen and oxygen atoms in total. The predicted octanol–water partition coefficient (Wildman–Crippen LogP) is 3.77. The van der Waals surface area contributed by atoms with Crippen molar-refractivity contribution in [1.29, 1.82) is 0 Å². The van der Waals surface area contributed by atoms with Crippen molar-refractivity contribution in [1.82, 2.24) is 4.31 Å². The Bertz CT molecular complexity index is 918. The molecule has 0 aliphatic carbocycles. The number of ether oxygens (including phenoxy) is 1. The van der Waals surface area contributed by atoms with Gasteiger partial charge in [-0.05, 0) is 42.7 Å². The Morgan fingerprint density at radius 1 is 1.22 bits per heavy atom. The van der Waals surface area contributed by atoms with Gasteiger partial charge < -0.3 is 10.1 Å². The molecule has 2 rings (SSSR count). The summed E-state index contributed by atoms with van der Waals surface area (Å²) in [6.07, 6.45) is 2.84. The molecule has 0 saturated carbocycles. The van der Waals surface area contributed by atoms with E-state index in [0.29, 0.717) is 16.3 Å². The average molecular weight is 411 g/mol. The zero-order valence-corrected chi connectivity index (χ0v) is 18.0. The molecule has 0 radical (unpaired) electrons. The molecule has 1 N–H and O–H groups in total. The van der Waals surface area contributed by atoms with Gasteiger partial charge in [0.15, 0.2) is 0 Å². The first-order valence-electron chi connectivity index (χ1n) is 8.78. The number of hydrogen-bond acceptors (Lipinski definition) is 5. The van der Waals surface area contributed by atoms with Gasteiger partial charge >= 0.3 is 0 Å². The number of hydrogen-bond donors (Lipinski definition) is 1. The lowest BCUT2D eigenvalue weighted by Gasteiger charge is -2.15. The van der Waals surface area contributed by atoms with Crippen LogP contribution in [0.15, 0.2) is 29.2 Å². The standard InChI is InChI=1S/C19H26N2O4S2/c1-6-8-17-13(7-2)11-18(26-17)19(22)20-15-12-14(9-10-16(15)25-5)27(23,24)21(3)4/h9-12H,6-8H2,1-5H3,(H,20,22). The summed E-state index contributed by atoms with van der Waals surface area (Å²) in [7, 11) is 0.794. The van der Waals surface area contributed by atoms with Gasteiger partial charge in [-0.15, -0.1) is 11.3 Å². The van der Waals surface area contributed by atoms with Crippen molar-refractivity contribution in [3.05, 3.63) is 39.6 Å². The summed E-state index contributed by atoms with van der Waals surface area (Å²) < 4.78 is 31.2. The maximum Gasteiger partial charge on any atom is 0.265 e. The second kappa shape index (κ2) is 8.86. The number of thiophene rings is 1. The molecule has 0 unspecified atom stereocenters. The first-order chi connectivity index (χ1) is 12.7. The molecular weight excluding hydrogens is 384 g/mol. The number of aryl methyl sites for hydroxylation is 2. The third-order valence-corrected chi connectivity index (χ3v) is 7.22. The smallest absolute Gasteiger partial charge is 0.265 e. The number of amides is 1. The van der Waals surface area contributed by atoms with Crippen LogP contribution in [-0.2, 0) is 22.9 Å². The minimum atomic E-state index is -3.61. The summed E-state index contributed by atoms with van der Waals surface area (Å²) in [5.41, 5.74) is 1.51. The van der Waals surface area contributed by atoms with Crippen LogP contribution >= 0.6 is 11.3 Å². The zero-order valence-electron chi connectivity index (χ0n) is 16.3. The fourth-order valence-corrected chi connectivity index (χ4v) is 4.84. The number of nitrogens with zero attached hydrogens (tertiary/aromatic N) is 1. The number of carbonyl (C=O) groups excluding carboxylic acids is 1. The van der Waals surface area contributed by atoms with E-state index in [9.17, 15) is 13.2 Å². The van der Waals surface area contributed by atoms with Crippen LogP contribution in [0.4, 0.5) is 5.69 Å². The highest BCUT2D eigenvalue weighted by Crippen LogP contribution is 2.30. The molecule has 27 heavy (non-hydrogen) atoms. The number of benzene rings is 1. The number of anilines is 1. The first kappa shape index (κ1) is 21.4. The van der Waals surface area contributed by atoms with E-state index in [1.165, 1.54) is 55.1 Å². The summed E-state index contributed by atoms with van der Waals surface area (Å²) >= 11 is 1.48. The molecule has 0 aliphatic heterocycles. The fraction of sp³-hybridized carbons (Fsp3) is 0.421. The van der Waals surface area contributed by atoms with Crippen molar-refractivity contribution < 1.29 is 17.9 Å². The summed E-state index contributed by atoms with van der Waals surface area (Å²) in [6, 6.07) is 6.34. The molecule has 1 amide bonds. The zero-order chi connectivity index (χ0) is 20.2. The van der Waals surface area contributed by atoms with E-state index in [4.69, 9.17) is 4.74 Å². The van der Waals surface area contributed by atoms with Crippen LogP contribution in [0.3, 0.4) is 0 Å². The first-order valence-corrected chi connectivity index (χ1v) is 11.0. The van der Waals surface area contributed by atoms with Crippen LogP contribution in [0, 0.1) is 0 Å². The van der Waals surface area contributed by atoms with Gasteiger partial charge in [-0.1, -0.05) is 20.3 Å². The largest absolute Gasteiger partial charge is 0.495 e. The highest BCUT2D eigenvalue weighted by Gasteiger charge is 2.21. The van der Waals surface area contributed by atoms with E-state index in [1.54, 1.807) is 6.07 Å². The Hall–Kier alpha value is -1.90. The normalized spacial score (nSPS) is 11.6. The number of carbonyl (C=O) groups is 1. The van der Waals surface area contributed by atoms with E-state index in [2.05, 4.69) is 19.2 Å². The molecule has 0 fully saturated rings. The van der Waals surface area contributed by atoms with Crippen LogP contribution in [0.1, 0.15) is 40.4 Å². The van der Waals surface area contributed by atoms with E-state index < -0.39 is 10.0 Å². The molecular formula is C19H26N2O4S2. The van der Waals surface area contributed by atoms with Crippen LogP contribution in [0.5, 0.6) is 5.75 Å². The third kappa shape index (κ3) is 4.69. The van der Waals surface area contributed by atoms with Crippen molar-refractivity contribution in [2.45, 2.75) is 38.0 Å². The maximum absolute atomic E-state index is 12.7. The second-order valence-electron chi connectivity index (χ2n) is 6.27. The number of rotatable bonds is 8. The van der Waals surface area contributed by atoms with Gasteiger partial charge in [0, 0.05) is 19.0 Å². The summed E-state index contributed by atoms with van der Waals surface area (Å²) in [5.74, 6) is 0.136. The summed E-state index contributed by atoms with van der Waals surface area (Å²) in [5, 5.41) is 2.80. The van der Waals surface area contributed by atoms with Gasteiger partial charge in [-0.3, -0.25) is 4.79 Å². The number of methoxy groups -OCH3 is 1. The van der Waals surface area contributed by atoms with Gasteiger partial charge in [-0.2, -0.15) is 0 Å². The van der Waals surface area contributed by atoms with Gasteiger partial charge in [0.25, 0.3) is 5.91 Å². The quantitative estimate of drug-likeness (QED) is 0.719.